The van der Waals surface area contributed by atoms with Crippen LogP contribution in [-0.4, -0.2) is 54.2 Å². The first-order valence-electron chi connectivity index (χ1n) is 10.1. The number of rotatable bonds is 4. The maximum absolute atomic E-state index is 14.9. The van der Waals surface area contributed by atoms with E-state index in [2.05, 4.69) is 25.7 Å². The van der Waals surface area contributed by atoms with E-state index in [4.69, 9.17) is 4.74 Å². The van der Waals surface area contributed by atoms with Crippen LogP contribution in [0.2, 0.25) is 0 Å². The van der Waals surface area contributed by atoms with Gasteiger partial charge in [0, 0.05) is 30.2 Å². The summed E-state index contributed by atoms with van der Waals surface area (Å²) >= 11 is 0. The number of hydrogen-bond donors (Lipinski definition) is 2. The molecule has 1 unspecified atom stereocenters. The van der Waals surface area contributed by atoms with Gasteiger partial charge in [-0.1, -0.05) is 0 Å². The standard InChI is InChI=1S/C21H23FN6O2/c1-12-11-23-28(27-12)14-3-4-15(17(29)10-14)16-5-6-19(26-25-16)30-18-9-13-7-8-21(2,24-13)20(18)22/h3-6,10-11,13,18,20,24,29H,7-9H2,1-2H3/t13?,18-,20-,21+/m1/s1. The van der Waals surface area contributed by atoms with Crippen molar-refractivity contribution in [1.29, 1.82) is 0 Å². The monoisotopic (exact) mass is 410 g/mol. The van der Waals surface area contributed by atoms with Crippen molar-refractivity contribution < 1.29 is 14.2 Å². The molecule has 2 aromatic heterocycles. The third-order valence-corrected chi connectivity index (χ3v) is 6.00. The second kappa shape index (κ2) is 7.02. The van der Waals surface area contributed by atoms with Gasteiger partial charge in [-0.05, 0) is 44.9 Å². The second-order valence-electron chi connectivity index (χ2n) is 8.32. The van der Waals surface area contributed by atoms with E-state index in [0.717, 1.165) is 18.5 Å². The Balaban J connectivity index is 1.33. The molecule has 0 aliphatic carbocycles. The molecule has 2 aliphatic rings. The molecule has 156 valence electrons. The summed E-state index contributed by atoms with van der Waals surface area (Å²) in [6.45, 7) is 3.76. The van der Waals surface area contributed by atoms with E-state index in [-0.39, 0.29) is 17.7 Å². The van der Waals surface area contributed by atoms with Crippen LogP contribution in [0.5, 0.6) is 11.6 Å². The topological polar surface area (TPSA) is 98.0 Å². The van der Waals surface area contributed by atoms with Gasteiger partial charge >= 0.3 is 0 Å². The fourth-order valence-electron chi connectivity index (χ4n) is 4.40. The molecule has 2 N–H and O–H groups in total. The lowest BCUT2D eigenvalue weighted by Crippen LogP contribution is -2.59. The molecule has 0 amide bonds. The summed E-state index contributed by atoms with van der Waals surface area (Å²) in [7, 11) is 0. The van der Waals surface area contributed by atoms with Crippen molar-refractivity contribution in [2.24, 2.45) is 0 Å². The maximum atomic E-state index is 14.9. The first kappa shape index (κ1) is 18.9. The first-order valence-corrected chi connectivity index (χ1v) is 10.1. The van der Waals surface area contributed by atoms with Crippen LogP contribution in [0.1, 0.15) is 31.9 Å². The molecule has 5 rings (SSSR count). The number of ether oxygens (including phenoxy) is 1. The number of benzene rings is 1. The SMILES string of the molecule is Cc1cnn(-c2ccc(-c3ccc(O[C@@H]4CC5CC[C@](C)(N5)[C@@H]4F)nn3)c(O)c2)n1. The molecular weight excluding hydrogens is 387 g/mol. The molecule has 8 nitrogen and oxygen atoms in total. The first-order chi connectivity index (χ1) is 14.4. The van der Waals surface area contributed by atoms with Gasteiger partial charge < -0.3 is 15.2 Å². The number of fused-ring (bicyclic) bond motifs is 2. The lowest BCUT2D eigenvalue weighted by molar-refractivity contribution is 0.00813. The molecule has 2 saturated heterocycles. The van der Waals surface area contributed by atoms with Crippen LogP contribution in [0.4, 0.5) is 4.39 Å². The summed E-state index contributed by atoms with van der Waals surface area (Å²) in [5.74, 6) is 0.320. The van der Waals surface area contributed by atoms with Gasteiger partial charge in [-0.2, -0.15) is 15.0 Å². The molecular formula is C21H23FN6O2. The van der Waals surface area contributed by atoms with Gasteiger partial charge in [0.05, 0.1) is 28.8 Å². The van der Waals surface area contributed by atoms with Crippen LogP contribution < -0.4 is 10.1 Å². The van der Waals surface area contributed by atoms with Gasteiger partial charge in [0.15, 0.2) is 6.17 Å². The number of nitrogens with one attached hydrogen (secondary N) is 1. The zero-order valence-electron chi connectivity index (χ0n) is 16.8. The second-order valence-corrected chi connectivity index (χ2v) is 8.32. The predicted octanol–water partition coefficient (Wildman–Crippen LogP) is 2.74. The minimum Gasteiger partial charge on any atom is -0.507 e. The Kier molecular flexibility index (Phi) is 4.43. The number of hydrogen-bond acceptors (Lipinski definition) is 7. The number of nitrogens with zero attached hydrogens (tertiary/aromatic N) is 5. The number of aromatic nitrogens is 5. The molecule has 0 radical (unpaired) electrons. The highest BCUT2D eigenvalue weighted by molar-refractivity contribution is 5.68. The van der Waals surface area contributed by atoms with Gasteiger partial charge in [0.2, 0.25) is 5.88 Å². The quantitative estimate of drug-likeness (QED) is 0.682. The Bertz CT molecular complexity index is 1070. The number of phenolic OH excluding ortho intramolecular Hbond substituents is 1. The zero-order valence-corrected chi connectivity index (χ0v) is 16.8. The van der Waals surface area contributed by atoms with E-state index >= 15 is 0 Å². The van der Waals surface area contributed by atoms with Crippen molar-refractivity contribution in [2.75, 3.05) is 0 Å². The number of piperidine rings is 1. The smallest absolute Gasteiger partial charge is 0.233 e. The van der Waals surface area contributed by atoms with Gasteiger partial charge in [-0.25, -0.2) is 4.39 Å². The average molecular weight is 410 g/mol. The largest absolute Gasteiger partial charge is 0.507 e. The maximum Gasteiger partial charge on any atom is 0.233 e. The van der Waals surface area contributed by atoms with Crippen molar-refractivity contribution in [3.05, 3.63) is 42.2 Å². The van der Waals surface area contributed by atoms with Crippen molar-refractivity contribution in [3.63, 3.8) is 0 Å². The van der Waals surface area contributed by atoms with Crippen LogP contribution >= 0.6 is 0 Å². The van der Waals surface area contributed by atoms with Gasteiger partial charge in [0.25, 0.3) is 0 Å². The molecule has 1 aromatic carbocycles. The highest BCUT2D eigenvalue weighted by Gasteiger charge is 2.51. The molecule has 2 fully saturated rings. The fraction of sp³-hybridized carbons (Fsp3) is 0.429. The summed E-state index contributed by atoms with van der Waals surface area (Å²) in [6.07, 6.45) is 2.39. The van der Waals surface area contributed by atoms with Crippen LogP contribution in [0.25, 0.3) is 16.9 Å². The highest BCUT2D eigenvalue weighted by atomic mass is 19.1. The Labute approximate surface area is 173 Å². The Morgan fingerprint density at radius 2 is 2.13 bits per heavy atom. The van der Waals surface area contributed by atoms with Crippen molar-refractivity contribution in [3.8, 4) is 28.6 Å². The van der Waals surface area contributed by atoms with E-state index in [1.165, 1.54) is 4.80 Å². The molecule has 9 heteroatoms. The van der Waals surface area contributed by atoms with Crippen LogP contribution in [-0.2, 0) is 0 Å². The van der Waals surface area contributed by atoms with Crippen LogP contribution in [0, 0.1) is 6.92 Å². The molecule has 2 aliphatic heterocycles. The van der Waals surface area contributed by atoms with Gasteiger partial charge in [0.1, 0.15) is 11.9 Å². The number of alkyl halides is 1. The average Bonchev–Trinajstić information content (AvgIpc) is 3.31. The summed E-state index contributed by atoms with van der Waals surface area (Å²) in [5.41, 5.74) is 1.91. The zero-order chi connectivity index (χ0) is 20.9. The summed E-state index contributed by atoms with van der Waals surface area (Å²) in [4.78, 5) is 1.45. The Morgan fingerprint density at radius 3 is 2.83 bits per heavy atom. The van der Waals surface area contributed by atoms with E-state index in [1.54, 1.807) is 36.5 Å². The molecule has 2 bridgehead atoms. The minimum atomic E-state index is -1.10. The van der Waals surface area contributed by atoms with E-state index in [9.17, 15) is 9.50 Å². The van der Waals surface area contributed by atoms with E-state index < -0.39 is 17.8 Å². The number of phenols is 1. The summed E-state index contributed by atoms with van der Waals surface area (Å²) in [6, 6.07) is 8.74. The third kappa shape index (κ3) is 3.28. The third-order valence-electron chi connectivity index (χ3n) is 6.00. The van der Waals surface area contributed by atoms with Crippen LogP contribution in [0.15, 0.2) is 36.5 Å². The molecule has 0 spiro atoms. The molecule has 30 heavy (non-hydrogen) atoms. The highest BCUT2D eigenvalue weighted by Crippen LogP contribution is 2.39. The number of aromatic hydroxyl groups is 1. The Hall–Kier alpha value is -3.07. The fourth-order valence-corrected chi connectivity index (χ4v) is 4.40. The summed E-state index contributed by atoms with van der Waals surface area (Å²) in [5, 5.41) is 30.4. The lowest BCUT2D eigenvalue weighted by atomic mass is 9.88. The minimum absolute atomic E-state index is 0.0390. The van der Waals surface area contributed by atoms with Crippen LogP contribution in [0.3, 0.4) is 0 Å². The Morgan fingerprint density at radius 1 is 1.27 bits per heavy atom. The van der Waals surface area contributed by atoms with Crippen molar-refractivity contribution >= 4 is 0 Å². The number of halogens is 1. The summed E-state index contributed by atoms with van der Waals surface area (Å²) < 4.78 is 20.7. The van der Waals surface area contributed by atoms with E-state index in [1.807, 2.05) is 13.8 Å². The lowest BCUT2D eigenvalue weighted by Gasteiger charge is -2.39. The van der Waals surface area contributed by atoms with Gasteiger partial charge in [-0.15, -0.1) is 10.2 Å². The van der Waals surface area contributed by atoms with Crippen molar-refractivity contribution in [1.82, 2.24) is 30.5 Å². The molecule has 4 heterocycles. The molecule has 0 saturated carbocycles. The number of aryl methyl sites for hydroxylation is 1. The van der Waals surface area contributed by atoms with Crippen molar-refractivity contribution in [2.45, 2.75) is 57.0 Å². The molecule has 4 atom stereocenters. The van der Waals surface area contributed by atoms with Gasteiger partial charge in [-0.3, -0.25) is 0 Å². The predicted molar refractivity (Wildman–Crippen MR) is 107 cm³/mol. The molecule has 3 aromatic rings. The normalized spacial score (nSPS) is 27.9. The van der Waals surface area contributed by atoms with E-state index in [0.29, 0.717) is 23.4 Å².